The van der Waals surface area contributed by atoms with Crippen LogP contribution in [-0.4, -0.2) is 25.4 Å². The first-order valence-electron chi connectivity index (χ1n) is 4.84. The lowest BCUT2D eigenvalue weighted by Gasteiger charge is -2.30. The number of ether oxygens (including phenoxy) is 1. The van der Waals surface area contributed by atoms with Gasteiger partial charge in [0.1, 0.15) is 0 Å². The van der Waals surface area contributed by atoms with E-state index in [-0.39, 0.29) is 5.41 Å². The normalized spacial score (nSPS) is 16.0. The topological polar surface area (TPSA) is 29.5 Å². The van der Waals surface area contributed by atoms with Gasteiger partial charge in [0, 0.05) is 20.3 Å². The predicted molar refractivity (Wildman–Crippen MR) is 51.2 cm³/mol. The van der Waals surface area contributed by atoms with Gasteiger partial charge < -0.3 is 9.84 Å². The molecule has 0 aromatic carbocycles. The summed E-state index contributed by atoms with van der Waals surface area (Å²) in [5.41, 5.74) is 0.116. The molecule has 0 heterocycles. The van der Waals surface area contributed by atoms with E-state index in [9.17, 15) is 5.11 Å². The monoisotopic (exact) mass is 174 g/mol. The first-order valence-corrected chi connectivity index (χ1v) is 4.84. The summed E-state index contributed by atoms with van der Waals surface area (Å²) in [6.07, 6.45) is 4.26. The minimum Gasteiger partial charge on any atom is -0.396 e. The van der Waals surface area contributed by atoms with Crippen LogP contribution in [-0.2, 0) is 4.74 Å². The summed E-state index contributed by atoms with van der Waals surface area (Å²) in [7, 11) is 1.71. The molecule has 0 aromatic rings. The number of aliphatic hydroxyl groups is 1. The maximum absolute atomic E-state index is 9.28. The van der Waals surface area contributed by atoms with Gasteiger partial charge in [-0.3, -0.25) is 0 Å². The highest BCUT2D eigenvalue weighted by molar-refractivity contribution is 4.76. The molecule has 0 saturated heterocycles. The van der Waals surface area contributed by atoms with E-state index in [1.807, 2.05) is 0 Å². The van der Waals surface area contributed by atoms with Crippen LogP contribution < -0.4 is 0 Å². The maximum Gasteiger partial charge on any atom is 0.0488 e. The second-order valence-corrected chi connectivity index (χ2v) is 3.50. The number of hydrogen-bond donors (Lipinski definition) is 1. The zero-order valence-corrected chi connectivity index (χ0v) is 8.60. The molecule has 12 heavy (non-hydrogen) atoms. The van der Waals surface area contributed by atoms with Gasteiger partial charge in [-0.25, -0.2) is 0 Å². The molecule has 1 atom stereocenters. The average Bonchev–Trinajstić information content (AvgIpc) is 2.13. The van der Waals surface area contributed by atoms with Crippen molar-refractivity contribution in [1.29, 1.82) is 0 Å². The van der Waals surface area contributed by atoms with E-state index < -0.39 is 0 Å². The average molecular weight is 174 g/mol. The van der Waals surface area contributed by atoms with Gasteiger partial charge in [-0.15, -0.1) is 0 Å². The largest absolute Gasteiger partial charge is 0.396 e. The lowest BCUT2D eigenvalue weighted by molar-refractivity contribution is 0.0641. The molecule has 2 nitrogen and oxygen atoms in total. The Labute approximate surface area is 75.9 Å². The lowest BCUT2D eigenvalue weighted by atomic mass is 9.79. The molecule has 0 aromatic heterocycles. The number of methoxy groups -OCH3 is 1. The van der Waals surface area contributed by atoms with Crippen molar-refractivity contribution >= 4 is 0 Å². The van der Waals surface area contributed by atoms with Crippen LogP contribution in [0.5, 0.6) is 0 Å². The second-order valence-electron chi connectivity index (χ2n) is 3.50. The lowest BCUT2D eigenvalue weighted by Crippen LogP contribution is -2.26. The third-order valence-electron chi connectivity index (χ3n) is 2.70. The third kappa shape index (κ3) is 3.55. The summed E-state index contributed by atoms with van der Waals surface area (Å²) in [5.74, 6) is 0. The molecule has 0 aliphatic carbocycles. The highest BCUT2D eigenvalue weighted by atomic mass is 16.5. The fourth-order valence-electron chi connectivity index (χ4n) is 1.60. The summed E-state index contributed by atoms with van der Waals surface area (Å²) in [5, 5.41) is 9.28. The van der Waals surface area contributed by atoms with Crippen molar-refractivity contribution in [2.75, 3.05) is 20.3 Å². The van der Waals surface area contributed by atoms with Crippen molar-refractivity contribution in [1.82, 2.24) is 0 Å². The Kier molecular flexibility index (Phi) is 6.39. The van der Waals surface area contributed by atoms with Crippen LogP contribution in [0, 0.1) is 5.41 Å². The van der Waals surface area contributed by atoms with Crippen LogP contribution in [0.15, 0.2) is 0 Å². The van der Waals surface area contributed by atoms with Gasteiger partial charge in [0.2, 0.25) is 0 Å². The van der Waals surface area contributed by atoms with E-state index in [1.54, 1.807) is 7.11 Å². The van der Waals surface area contributed by atoms with Gasteiger partial charge in [0.05, 0.1) is 0 Å². The molecule has 2 heteroatoms. The van der Waals surface area contributed by atoms with Crippen LogP contribution in [0.1, 0.15) is 39.5 Å². The van der Waals surface area contributed by atoms with Crippen molar-refractivity contribution in [2.45, 2.75) is 39.5 Å². The quantitative estimate of drug-likeness (QED) is 0.641. The minimum absolute atomic E-state index is 0.116. The summed E-state index contributed by atoms with van der Waals surface area (Å²) in [6.45, 7) is 5.35. The van der Waals surface area contributed by atoms with E-state index in [1.165, 1.54) is 0 Å². The van der Waals surface area contributed by atoms with E-state index in [2.05, 4.69) is 13.8 Å². The predicted octanol–water partition coefficient (Wildman–Crippen LogP) is 2.21. The smallest absolute Gasteiger partial charge is 0.0488 e. The van der Waals surface area contributed by atoms with Gasteiger partial charge in [-0.05, 0) is 24.7 Å². The Bertz CT molecular complexity index is 98.0. The molecule has 0 aliphatic heterocycles. The molecule has 0 fully saturated rings. The zero-order valence-electron chi connectivity index (χ0n) is 8.60. The van der Waals surface area contributed by atoms with Gasteiger partial charge >= 0.3 is 0 Å². The molecule has 0 rings (SSSR count). The number of rotatable bonds is 7. The molecule has 0 bridgehead atoms. The molecule has 0 amide bonds. The van der Waals surface area contributed by atoms with Crippen molar-refractivity contribution in [3.05, 3.63) is 0 Å². The SMILES string of the molecule is CCCC(CC)(CO)CCOC. The molecular formula is C10H22O2. The van der Waals surface area contributed by atoms with Gasteiger partial charge in [-0.1, -0.05) is 20.3 Å². The van der Waals surface area contributed by atoms with Crippen LogP contribution in [0.3, 0.4) is 0 Å². The number of hydrogen-bond acceptors (Lipinski definition) is 2. The molecule has 0 saturated carbocycles. The molecule has 74 valence electrons. The van der Waals surface area contributed by atoms with Crippen molar-refractivity contribution in [3.63, 3.8) is 0 Å². The van der Waals surface area contributed by atoms with E-state index in [4.69, 9.17) is 4.74 Å². The summed E-state index contributed by atoms with van der Waals surface area (Å²) < 4.78 is 5.04. The van der Waals surface area contributed by atoms with Crippen LogP contribution in [0.25, 0.3) is 0 Å². The van der Waals surface area contributed by atoms with Crippen molar-refractivity contribution < 1.29 is 9.84 Å². The molecule has 0 aliphatic rings. The molecular weight excluding hydrogens is 152 g/mol. The third-order valence-corrected chi connectivity index (χ3v) is 2.70. The van der Waals surface area contributed by atoms with Crippen molar-refractivity contribution in [3.8, 4) is 0 Å². The van der Waals surface area contributed by atoms with Gasteiger partial charge in [0.15, 0.2) is 0 Å². The standard InChI is InChI=1S/C10H22O2/c1-4-6-10(5-2,9-11)7-8-12-3/h11H,4-9H2,1-3H3. The molecule has 1 unspecified atom stereocenters. The first-order chi connectivity index (χ1) is 5.74. The summed E-state index contributed by atoms with van der Waals surface area (Å²) >= 11 is 0. The summed E-state index contributed by atoms with van der Waals surface area (Å²) in [4.78, 5) is 0. The molecule has 0 radical (unpaired) electrons. The van der Waals surface area contributed by atoms with Crippen LogP contribution in [0.2, 0.25) is 0 Å². The van der Waals surface area contributed by atoms with E-state index in [0.29, 0.717) is 6.61 Å². The minimum atomic E-state index is 0.116. The highest BCUT2D eigenvalue weighted by Crippen LogP contribution is 2.31. The zero-order chi connectivity index (χ0) is 9.45. The molecule has 1 N–H and O–H groups in total. The fraction of sp³-hybridized carbons (Fsp3) is 1.00. The van der Waals surface area contributed by atoms with E-state index in [0.717, 1.165) is 32.3 Å². The van der Waals surface area contributed by atoms with Crippen LogP contribution in [0.4, 0.5) is 0 Å². The highest BCUT2D eigenvalue weighted by Gasteiger charge is 2.25. The Morgan fingerprint density at radius 2 is 1.92 bits per heavy atom. The van der Waals surface area contributed by atoms with E-state index >= 15 is 0 Å². The summed E-state index contributed by atoms with van der Waals surface area (Å²) in [6, 6.07) is 0. The maximum atomic E-state index is 9.28. The first kappa shape index (κ1) is 11.9. The van der Waals surface area contributed by atoms with Gasteiger partial charge in [-0.2, -0.15) is 0 Å². The van der Waals surface area contributed by atoms with Crippen molar-refractivity contribution in [2.24, 2.45) is 5.41 Å². The fourth-order valence-corrected chi connectivity index (χ4v) is 1.60. The second kappa shape index (κ2) is 6.44. The number of aliphatic hydroxyl groups excluding tert-OH is 1. The Hall–Kier alpha value is -0.0800. The molecule has 0 spiro atoms. The Morgan fingerprint density at radius 1 is 1.25 bits per heavy atom. The van der Waals surface area contributed by atoms with Crippen LogP contribution >= 0.6 is 0 Å². The van der Waals surface area contributed by atoms with Gasteiger partial charge in [0.25, 0.3) is 0 Å². The Morgan fingerprint density at radius 3 is 2.25 bits per heavy atom. The Balaban J connectivity index is 3.95.